The number of aromatic hydroxyl groups is 1. The Kier molecular flexibility index (Phi) is 3.65. The Morgan fingerprint density at radius 1 is 1.20 bits per heavy atom. The molecule has 0 aliphatic heterocycles. The largest absolute Gasteiger partial charge is 0.494 e. The first-order valence-corrected chi connectivity index (χ1v) is 6.22. The average Bonchev–Trinajstić information content (AvgIpc) is 2.37. The highest BCUT2D eigenvalue weighted by Gasteiger charge is 2.12. The first kappa shape index (κ1) is 13.9. The second-order valence-electron chi connectivity index (χ2n) is 4.70. The minimum absolute atomic E-state index is 0.0484. The van der Waals surface area contributed by atoms with Gasteiger partial charge in [0.05, 0.1) is 17.4 Å². The molecule has 0 aliphatic carbocycles. The Morgan fingerprint density at radius 3 is 2.35 bits per heavy atom. The molecule has 0 saturated carbocycles. The van der Waals surface area contributed by atoms with E-state index in [1.54, 1.807) is 24.3 Å². The predicted molar refractivity (Wildman–Crippen MR) is 74.8 cm³/mol. The van der Waals surface area contributed by atoms with Crippen LogP contribution >= 0.6 is 0 Å². The van der Waals surface area contributed by atoms with Gasteiger partial charge in [0.1, 0.15) is 5.75 Å². The Morgan fingerprint density at radius 2 is 1.80 bits per heavy atom. The number of nitrogens with one attached hydrogen (secondary N) is 1. The Bertz CT molecular complexity index is 726. The van der Waals surface area contributed by atoms with Crippen molar-refractivity contribution in [3.63, 3.8) is 0 Å². The molecule has 0 amide bonds. The number of aromatic nitrogens is 2. The number of rotatable bonds is 3. The van der Waals surface area contributed by atoms with Crippen LogP contribution in [0.5, 0.6) is 11.6 Å². The van der Waals surface area contributed by atoms with Gasteiger partial charge >= 0.3 is 5.69 Å². The summed E-state index contributed by atoms with van der Waals surface area (Å²) in [4.78, 5) is 25.3. The minimum Gasteiger partial charge on any atom is -0.494 e. The SMILES string of the molecule is Cc1c(O)n(-c2ccc(OC(C)C)cc2)c(=O)[nH]c1=O. The third-order valence-electron chi connectivity index (χ3n) is 2.78. The van der Waals surface area contributed by atoms with Crippen molar-refractivity contribution in [2.75, 3.05) is 0 Å². The monoisotopic (exact) mass is 276 g/mol. The Labute approximate surface area is 115 Å². The maximum absolute atomic E-state index is 11.8. The zero-order chi connectivity index (χ0) is 14.9. The maximum atomic E-state index is 11.8. The van der Waals surface area contributed by atoms with Crippen LogP contribution in [0.2, 0.25) is 0 Å². The van der Waals surface area contributed by atoms with Crippen molar-refractivity contribution >= 4 is 0 Å². The van der Waals surface area contributed by atoms with E-state index >= 15 is 0 Å². The van der Waals surface area contributed by atoms with Crippen LogP contribution in [0.25, 0.3) is 5.69 Å². The molecule has 0 bridgehead atoms. The van der Waals surface area contributed by atoms with Crippen molar-refractivity contribution in [3.8, 4) is 17.3 Å². The summed E-state index contributed by atoms with van der Waals surface area (Å²) < 4.78 is 6.54. The normalized spacial score (nSPS) is 10.8. The van der Waals surface area contributed by atoms with Crippen molar-refractivity contribution < 1.29 is 9.84 Å². The van der Waals surface area contributed by atoms with Crippen molar-refractivity contribution in [2.24, 2.45) is 0 Å². The molecule has 0 atom stereocenters. The van der Waals surface area contributed by atoms with E-state index in [0.29, 0.717) is 11.4 Å². The number of nitrogens with zero attached hydrogens (tertiary/aromatic N) is 1. The first-order chi connectivity index (χ1) is 9.40. The van der Waals surface area contributed by atoms with E-state index in [0.717, 1.165) is 4.57 Å². The fourth-order valence-corrected chi connectivity index (χ4v) is 1.80. The molecule has 1 aromatic heterocycles. The smallest absolute Gasteiger partial charge is 0.335 e. The summed E-state index contributed by atoms with van der Waals surface area (Å²) in [6.07, 6.45) is 0.0484. The summed E-state index contributed by atoms with van der Waals surface area (Å²) in [5.74, 6) is 0.300. The zero-order valence-electron chi connectivity index (χ0n) is 11.5. The van der Waals surface area contributed by atoms with Crippen LogP contribution in [-0.2, 0) is 0 Å². The molecule has 0 fully saturated rings. The summed E-state index contributed by atoms with van der Waals surface area (Å²) in [6, 6.07) is 6.66. The highest BCUT2D eigenvalue weighted by molar-refractivity contribution is 5.41. The number of hydrogen-bond acceptors (Lipinski definition) is 4. The number of ether oxygens (including phenoxy) is 1. The summed E-state index contributed by atoms with van der Waals surface area (Å²) >= 11 is 0. The molecule has 106 valence electrons. The topological polar surface area (TPSA) is 84.3 Å². The van der Waals surface area contributed by atoms with Gasteiger partial charge in [-0.1, -0.05) is 0 Å². The van der Waals surface area contributed by atoms with Gasteiger partial charge in [-0.05, 0) is 45.0 Å². The Balaban J connectivity index is 2.50. The second kappa shape index (κ2) is 5.24. The maximum Gasteiger partial charge on any atom is 0.335 e. The van der Waals surface area contributed by atoms with E-state index in [1.165, 1.54) is 6.92 Å². The highest BCUT2D eigenvalue weighted by atomic mass is 16.5. The van der Waals surface area contributed by atoms with Gasteiger partial charge in [0.2, 0.25) is 5.88 Å². The van der Waals surface area contributed by atoms with Gasteiger partial charge in [0.25, 0.3) is 5.56 Å². The molecule has 2 N–H and O–H groups in total. The molecule has 2 rings (SSSR count). The molecule has 1 heterocycles. The lowest BCUT2D eigenvalue weighted by atomic mass is 10.2. The third-order valence-corrected chi connectivity index (χ3v) is 2.78. The second-order valence-corrected chi connectivity index (χ2v) is 4.70. The van der Waals surface area contributed by atoms with Gasteiger partial charge in [-0.2, -0.15) is 0 Å². The number of aromatic amines is 1. The van der Waals surface area contributed by atoms with Gasteiger partial charge in [0.15, 0.2) is 0 Å². The van der Waals surface area contributed by atoms with Crippen LogP contribution in [0.15, 0.2) is 33.9 Å². The summed E-state index contributed by atoms with van der Waals surface area (Å²) in [6.45, 7) is 5.27. The first-order valence-electron chi connectivity index (χ1n) is 6.22. The minimum atomic E-state index is -0.685. The van der Waals surface area contributed by atoms with Crippen LogP contribution in [0.3, 0.4) is 0 Å². The molecular weight excluding hydrogens is 260 g/mol. The summed E-state index contributed by atoms with van der Waals surface area (Å²) in [7, 11) is 0. The zero-order valence-corrected chi connectivity index (χ0v) is 11.5. The van der Waals surface area contributed by atoms with E-state index in [4.69, 9.17) is 4.74 Å². The van der Waals surface area contributed by atoms with Crippen LogP contribution < -0.4 is 16.0 Å². The average molecular weight is 276 g/mol. The molecule has 0 unspecified atom stereocenters. The molecule has 2 aromatic rings. The molecule has 0 radical (unpaired) electrons. The van der Waals surface area contributed by atoms with Gasteiger partial charge in [-0.3, -0.25) is 9.78 Å². The fourth-order valence-electron chi connectivity index (χ4n) is 1.80. The number of benzene rings is 1. The molecule has 6 heteroatoms. The summed E-state index contributed by atoms with van der Waals surface area (Å²) in [5.41, 5.74) is -0.741. The van der Waals surface area contributed by atoms with Crippen molar-refractivity contribution in [2.45, 2.75) is 26.9 Å². The summed E-state index contributed by atoms with van der Waals surface area (Å²) in [5, 5.41) is 9.94. The highest BCUT2D eigenvalue weighted by Crippen LogP contribution is 2.19. The van der Waals surface area contributed by atoms with Crippen LogP contribution in [-0.4, -0.2) is 20.8 Å². The van der Waals surface area contributed by atoms with Crippen molar-refractivity contribution in [1.29, 1.82) is 0 Å². The quantitative estimate of drug-likeness (QED) is 0.885. The van der Waals surface area contributed by atoms with Gasteiger partial charge in [-0.15, -0.1) is 0 Å². The third kappa shape index (κ3) is 2.59. The van der Waals surface area contributed by atoms with E-state index in [2.05, 4.69) is 4.98 Å². The lowest BCUT2D eigenvalue weighted by molar-refractivity contribution is 0.242. The molecule has 6 nitrogen and oxygen atoms in total. The lowest BCUT2D eigenvalue weighted by Crippen LogP contribution is -2.30. The van der Waals surface area contributed by atoms with Crippen LogP contribution in [0.1, 0.15) is 19.4 Å². The van der Waals surface area contributed by atoms with Gasteiger partial charge in [0, 0.05) is 0 Å². The van der Waals surface area contributed by atoms with Gasteiger partial charge < -0.3 is 9.84 Å². The van der Waals surface area contributed by atoms with Crippen molar-refractivity contribution in [1.82, 2.24) is 9.55 Å². The van der Waals surface area contributed by atoms with Crippen LogP contribution in [0, 0.1) is 6.92 Å². The van der Waals surface area contributed by atoms with E-state index in [9.17, 15) is 14.7 Å². The molecule has 0 saturated heterocycles. The molecule has 20 heavy (non-hydrogen) atoms. The van der Waals surface area contributed by atoms with E-state index < -0.39 is 11.2 Å². The van der Waals surface area contributed by atoms with Crippen molar-refractivity contribution in [3.05, 3.63) is 50.7 Å². The number of H-pyrrole nitrogens is 1. The molecule has 1 aromatic carbocycles. The molecule has 0 aliphatic rings. The number of hydrogen-bond donors (Lipinski definition) is 2. The van der Waals surface area contributed by atoms with E-state index in [1.807, 2.05) is 13.8 Å². The van der Waals surface area contributed by atoms with Crippen LogP contribution in [0.4, 0.5) is 0 Å². The fraction of sp³-hybridized carbons (Fsp3) is 0.286. The molecular formula is C14H16N2O4. The lowest BCUT2D eigenvalue weighted by Gasteiger charge is -2.12. The Hall–Kier alpha value is -2.50. The van der Waals surface area contributed by atoms with E-state index in [-0.39, 0.29) is 17.5 Å². The predicted octanol–water partition coefficient (Wildman–Crippen LogP) is 1.33. The standard InChI is InChI=1S/C14H16N2O4/c1-8(2)20-11-6-4-10(5-7-11)16-13(18)9(3)12(17)15-14(16)19/h4-8,18H,1-3H3,(H,15,17,19). The molecule has 0 spiro atoms. The van der Waals surface area contributed by atoms with Gasteiger partial charge in [-0.25, -0.2) is 9.36 Å².